The second kappa shape index (κ2) is 10.3. The van der Waals surface area contributed by atoms with Gasteiger partial charge in [-0.3, -0.25) is 9.59 Å². The number of ether oxygens (including phenoxy) is 2. The van der Waals surface area contributed by atoms with Crippen molar-refractivity contribution >= 4 is 29.0 Å². The molecule has 0 unspecified atom stereocenters. The summed E-state index contributed by atoms with van der Waals surface area (Å²) in [5, 5.41) is 11.8. The van der Waals surface area contributed by atoms with Crippen molar-refractivity contribution in [2.24, 2.45) is 5.92 Å². The molecule has 4 rings (SSSR count). The van der Waals surface area contributed by atoms with Crippen LogP contribution >= 0.6 is 0 Å². The Morgan fingerprint density at radius 3 is 2.88 bits per heavy atom. The summed E-state index contributed by atoms with van der Waals surface area (Å²) in [6.45, 7) is -0.197. The van der Waals surface area contributed by atoms with Crippen LogP contribution in [0.5, 0.6) is 5.75 Å². The van der Waals surface area contributed by atoms with Gasteiger partial charge in [-0.1, -0.05) is 11.2 Å². The lowest BCUT2D eigenvalue weighted by Gasteiger charge is -2.16. The van der Waals surface area contributed by atoms with Gasteiger partial charge in [-0.05, 0) is 31.9 Å². The molecular formula is C23H26N6O5. The quantitative estimate of drug-likeness (QED) is 0.408. The number of nitrogens with one attached hydrogen (secondary N) is 3. The minimum absolute atomic E-state index is 0.0495. The summed E-state index contributed by atoms with van der Waals surface area (Å²) in [5.41, 5.74) is 1.07. The third-order valence-corrected chi connectivity index (χ3v) is 5.09. The molecule has 11 heteroatoms. The zero-order valence-corrected chi connectivity index (χ0v) is 18.7. The minimum atomic E-state index is -2.71. The lowest BCUT2D eigenvalue weighted by molar-refractivity contribution is -0.117. The Bertz CT molecular complexity index is 1290. The number of nitrogens with zero attached hydrogens (tertiary/aromatic N) is 3. The van der Waals surface area contributed by atoms with E-state index < -0.39 is 12.9 Å². The number of hydrogen-bond acceptors (Lipinski definition) is 9. The molecule has 34 heavy (non-hydrogen) atoms. The molecule has 0 spiro atoms. The molecular weight excluding hydrogens is 440 g/mol. The Morgan fingerprint density at radius 2 is 2.15 bits per heavy atom. The number of carbonyl (C=O) groups is 2. The number of amides is 2. The van der Waals surface area contributed by atoms with Crippen LogP contribution in [0.3, 0.4) is 0 Å². The maximum absolute atomic E-state index is 12.7. The van der Waals surface area contributed by atoms with Crippen LogP contribution in [0.15, 0.2) is 35.0 Å². The van der Waals surface area contributed by atoms with E-state index in [2.05, 4.69) is 25.8 Å². The van der Waals surface area contributed by atoms with Gasteiger partial charge in [0.2, 0.25) is 11.7 Å². The van der Waals surface area contributed by atoms with Crippen molar-refractivity contribution in [1.82, 2.24) is 20.4 Å². The van der Waals surface area contributed by atoms with Crippen molar-refractivity contribution in [3.63, 3.8) is 0 Å². The van der Waals surface area contributed by atoms with Gasteiger partial charge in [0.05, 0.1) is 29.6 Å². The molecule has 1 saturated carbocycles. The van der Waals surface area contributed by atoms with Crippen LogP contribution in [0.1, 0.15) is 40.1 Å². The molecule has 0 atom stereocenters. The third kappa shape index (κ3) is 5.15. The molecule has 0 radical (unpaired) electrons. The normalized spacial score (nSPS) is 14.5. The van der Waals surface area contributed by atoms with Gasteiger partial charge in [-0.15, -0.1) is 0 Å². The van der Waals surface area contributed by atoms with E-state index in [0.717, 1.165) is 12.8 Å². The van der Waals surface area contributed by atoms with Crippen LogP contribution < -0.4 is 20.7 Å². The fourth-order valence-corrected chi connectivity index (χ4v) is 3.24. The third-order valence-electron chi connectivity index (χ3n) is 5.09. The number of pyridine rings is 1. The molecule has 2 amide bonds. The number of aromatic nitrogens is 3. The summed E-state index contributed by atoms with van der Waals surface area (Å²) in [5.74, 6) is 0.0129. The summed E-state index contributed by atoms with van der Waals surface area (Å²) in [7, 11) is 1.46. The average Bonchev–Trinajstić information content (AvgIpc) is 3.60. The van der Waals surface area contributed by atoms with Crippen molar-refractivity contribution in [2.45, 2.75) is 26.4 Å². The van der Waals surface area contributed by atoms with Crippen molar-refractivity contribution < 1.29 is 27.7 Å². The number of hydrogen-bond donors (Lipinski definition) is 3. The molecule has 1 fully saturated rings. The minimum Gasteiger partial charge on any atom is -0.494 e. The highest BCUT2D eigenvalue weighted by Gasteiger charge is 2.30. The van der Waals surface area contributed by atoms with Gasteiger partial charge in [0.25, 0.3) is 11.8 Å². The van der Waals surface area contributed by atoms with Gasteiger partial charge >= 0.3 is 0 Å². The smallest absolute Gasteiger partial charge is 0.254 e. The lowest BCUT2D eigenvalue weighted by Crippen LogP contribution is -2.20. The fraction of sp³-hybridized carbons (Fsp3) is 0.348. The lowest BCUT2D eigenvalue weighted by atomic mass is 10.1. The summed E-state index contributed by atoms with van der Waals surface area (Å²) < 4.78 is 38.3. The molecule has 11 nitrogen and oxygen atoms in total. The van der Waals surface area contributed by atoms with Crippen molar-refractivity contribution in [3.05, 3.63) is 41.9 Å². The monoisotopic (exact) mass is 469 g/mol. The molecule has 0 bridgehead atoms. The van der Waals surface area contributed by atoms with Gasteiger partial charge in [-0.2, -0.15) is 4.98 Å². The Labute approximate surface area is 200 Å². The summed E-state index contributed by atoms with van der Waals surface area (Å²) in [4.78, 5) is 33.4. The maximum Gasteiger partial charge on any atom is 0.254 e. The SMILES string of the molecule is [2H]C([2H])([2H])NC(=O)c1cnc(NC(=O)C2CC2)cc1Nc1cccc(-c2noc(COCC)n2)c1OC. The number of rotatable bonds is 10. The van der Waals surface area contributed by atoms with Gasteiger partial charge in [0.15, 0.2) is 5.75 Å². The van der Waals surface area contributed by atoms with Crippen LogP contribution in [-0.4, -0.2) is 47.6 Å². The van der Waals surface area contributed by atoms with Crippen LogP contribution in [0.4, 0.5) is 17.2 Å². The number of anilines is 3. The van der Waals surface area contributed by atoms with Crippen molar-refractivity contribution in [3.8, 4) is 17.1 Å². The summed E-state index contributed by atoms with van der Waals surface area (Å²) in [6.07, 6.45) is 2.81. The van der Waals surface area contributed by atoms with Gasteiger partial charge in [-0.25, -0.2) is 4.98 Å². The summed E-state index contributed by atoms with van der Waals surface area (Å²) in [6, 6.07) is 6.60. The highest BCUT2D eigenvalue weighted by Crippen LogP contribution is 2.38. The molecule has 3 aromatic rings. The molecule has 0 saturated heterocycles. The van der Waals surface area contributed by atoms with E-state index in [-0.39, 0.29) is 41.3 Å². The summed E-state index contributed by atoms with van der Waals surface area (Å²) >= 11 is 0. The molecule has 2 aromatic heterocycles. The molecule has 0 aliphatic heterocycles. The highest BCUT2D eigenvalue weighted by atomic mass is 16.5. The van der Waals surface area contributed by atoms with E-state index in [1.165, 1.54) is 19.4 Å². The van der Waals surface area contributed by atoms with E-state index in [9.17, 15) is 9.59 Å². The Balaban J connectivity index is 1.69. The predicted molar refractivity (Wildman–Crippen MR) is 124 cm³/mol. The molecule has 178 valence electrons. The van der Waals surface area contributed by atoms with Crippen LogP contribution in [0.2, 0.25) is 0 Å². The van der Waals surface area contributed by atoms with E-state index in [4.69, 9.17) is 18.1 Å². The largest absolute Gasteiger partial charge is 0.494 e. The molecule has 1 aromatic carbocycles. The van der Waals surface area contributed by atoms with E-state index in [1.54, 1.807) is 18.2 Å². The van der Waals surface area contributed by atoms with Crippen LogP contribution in [0, 0.1) is 5.92 Å². The van der Waals surface area contributed by atoms with E-state index in [0.29, 0.717) is 29.5 Å². The first-order chi connectivity index (χ1) is 17.7. The van der Waals surface area contributed by atoms with E-state index >= 15 is 0 Å². The Morgan fingerprint density at radius 1 is 1.29 bits per heavy atom. The maximum atomic E-state index is 12.7. The zero-order valence-electron chi connectivity index (χ0n) is 21.7. The number of para-hydroxylation sites is 1. The highest BCUT2D eigenvalue weighted by molar-refractivity contribution is 6.01. The Kier molecular flexibility index (Phi) is 5.90. The van der Waals surface area contributed by atoms with Gasteiger partial charge < -0.3 is 29.9 Å². The van der Waals surface area contributed by atoms with Gasteiger partial charge in [0.1, 0.15) is 12.4 Å². The molecule has 2 heterocycles. The second-order valence-electron chi connectivity index (χ2n) is 7.49. The first-order valence-electron chi connectivity index (χ1n) is 12.2. The second-order valence-corrected chi connectivity index (χ2v) is 7.49. The van der Waals surface area contributed by atoms with Crippen LogP contribution in [-0.2, 0) is 16.1 Å². The topological polar surface area (TPSA) is 140 Å². The van der Waals surface area contributed by atoms with Gasteiger partial charge in [0, 0.05) is 35.9 Å². The first-order valence-corrected chi connectivity index (χ1v) is 10.7. The Hall–Kier alpha value is -3.99. The number of benzene rings is 1. The average molecular weight is 470 g/mol. The fourth-order valence-electron chi connectivity index (χ4n) is 3.24. The standard InChI is InChI=1S/C23H26N6O5/c1-4-33-12-19-28-21(29-34-19)14-6-5-7-16(20(14)32-3)26-17-10-18(27-22(30)13-8-9-13)25-11-15(17)23(31)24-2/h5-7,10-11,13H,4,8-9,12H2,1-3H3,(H,24,31)(H2,25,26,27,30)/i2D3. The predicted octanol–water partition coefficient (Wildman–Crippen LogP) is 3.13. The molecule has 3 N–H and O–H groups in total. The van der Waals surface area contributed by atoms with E-state index in [1.807, 2.05) is 12.2 Å². The number of carbonyl (C=O) groups excluding carboxylic acids is 2. The first kappa shape index (κ1) is 19.5. The van der Waals surface area contributed by atoms with Crippen molar-refractivity contribution in [1.29, 1.82) is 0 Å². The van der Waals surface area contributed by atoms with Crippen LogP contribution in [0.25, 0.3) is 11.4 Å². The molecule has 1 aliphatic rings. The zero-order chi connectivity index (χ0) is 26.6. The molecule has 1 aliphatic carbocycles. The van der Waals surface area contributed by atoms with Crippen molar-refractivity contribution in [2.75, 3.05) is 31.3 Å². The number of methoxy groups -OCH3 is 1.